The molecule has 4 atom stereocenters. The van der Waals surface area contributed by atoms with Gasteiger partial charge in [0.05, 0.1) is 12.1 Å². The van der Waals surface area contributed by atoms with E-state index in [2.05, 4.69) is 6.58 Å². The van der Waals surface area contributed by atoms with E-state index in [1.807, 2.05) is 80.6 Å². The van der Waals surface area contributed by atoms with Crippen LogP contribution in [0.5, 0.6) is 0 Å². The smallest absolute Gasteiger partial charge is 0.321 e. The maximum atomic E-state index is 13.8. The van der Waals surface area contributed by atoms with Crippen LogP contribution in [-0.2, 0) is 12.8 Å². The van der Waals surface area contributed by atoms with Crippen molar-refractivity contribution < 1.29 is 15.0 Å². The molecule has 2 aromatic carbocycles. The highest BCUT2D eigenvalue weighted by atomic mass is 16.3. The summed E-state index contributed by atoms with van der Waals surface area (Å²) in [6.07, 6.45) is 2.39. The van der Waals surface area contributed by atoms with E-state index in [1.165, 1.54) is 0 Å². The number of benzene rings is 2. The molecule has 0 aromatic heterocycles. The second-order valence-electron chi connectivity index (χ2n) is 8.65. The lowest BCUT2D eigenvalue weighted by Crippen LogP contribution is -2.51. The highest BCUT2D eigenvalue weighted by molar-refractivity contribution is 5.76. The average Bonchev–Trinajstić information content (AvgIpc) is 2.86. The van der Waals surface area contributed by atoms with Crippen molar-refractivity contribution in [3.8, 4) is 0 Å². The quantitative estimate of drug-likeness (QED) is 0.621. The van der Waals surface area contributed by atoms with Crippen molar-refractivity contribution in [2.24, 2.45) is 0 Å². The van der Waals surface area contributed by atoms with E-state index in [9.17, 15) is 15.0 Å². The van der Waals surface area contributed by atoms with Gasteiger partial charge in [0.15, 0.2) is 0 Å². The number of amides is 2. The Morgan fingerprint density at radius 3 is 1.69 bits per heavy atom. The zero-order valence-corrected chi connectivity index (χ0v) is 19.0. The van der Waals surface area contributed by atoms with Crippen LogP contribution < -0.4 is 0 Å². The molecule has 5 heteroatoms. The molecule has 0 saturated carbocycles. The molecule has 1 fully saturated rings. The minimum absolute atomic E-state index is 0.195. The molecule has 1 saturated heterocycles. The van der Waals surface area contributed by atoms with E-state index in [-0.39, 0.29) is 6.03 Å². The van der Waals surface area contributed by atoms with Crippen LogP contribution in [-0.4, -0.2) is 63.4 Å². The molecule has 0 radical (unpaired) electrons. The van der Waals surface area contributed by atoms with Gasteiger partial charge in [-0.15, -0.1) is 6.58 Å². The lowest BCUT2D eigenvalue weighted by Gasteiger charge is -2.34. The van der Waals surface area contributed by atoms with Crippen molar-refractivity contribution in [2.45, 2.75) is 51.0 Å². The third-order valence-electron chi connectivity index (χ3n) is 6.03. The molecule has 2 amide bonds. The van der Waals surface area contributed by atoms with Gasteiger partial charge in [-0.25, -0.2) is 4.79 Å². The van der Waals surface area contributed by atoms with Crippen LogP contribution in [0.2, 0.25) is 0 Å². The van der Waals surface area contributed by atoms with Crippen LogP contribution in [0.3, 0.4) is 0 Å². The first-order chi connectivity index (χ1) is 15.4. The van der Waals surface area contributed by atoms with Gasteiger partial charge < -0.3 is 20.0 Å². The SMILES string of the molecule is C=CCN1C(=O)N(CC=C(C)C)[C@H](Cc2ccccc2)[C@H](O)[C@@H](O)[C@H]1Cc1ccccc1. The van der Waals surface area contributed by atoms with Gasteiger partial charge in [0.2, 0.25) is 0 Å². The monoisotopic (exact) mass is 434 g/mol. The molecule has 2 aromatic rings. The summed E-state index contributed by atoms with van der Waals surface area (Å²) in [5, 5.41) is 22.7. The Hall–Kier alpha value is -2.89. The van der Waals surface area contributed by atoms with E-state index in [4.69, 9.17) is 0 Å². The third-order valence-corrected chi connectivity index (χ3v) is 6.03. The minimum Gasteiger partial charge on any atom is -0.388 e. The topological polar surface area (TPSA) is 64.0 Å². The van der Waals surface area contributed by atoms with Crippen LogP contribution in [0.15, 0.2) is 85.0 Å². The zero-order chi connectivity index (χ0) is 23.1. The molecular weight excluding hydrogens is 400 g/mol. The number of hydrogen-bond donors (Lipinski definition) is 2. The standard InChI is InChI=1S/C27H34N2O3/c1-4-16-28-23(18-21-11-7-5-8-12-21)25(30)26(31)24(19-22-13-9-6-10-14-22)29(27(28)32)17-15-20(2)3/h4-15,23-26,30-31H,1,16-19H2,2-3H3/t23-,24-,25+,26+/m1/s1. The summed E-state index contributed by atoms with van der Waals surface area (Å²) in [6, 6.07) is 18.2. The number of urea groups is 1. The number of aliphatic hydroxyl groups is 2. The van der Waals surface area contributed by atoms with Crippen molar-refractivity contribution in [3.05, 3.63) is 96.1 Å². The molecule has 3 rings (SSSR count). The van der Waals surface area contributed by atoms with E-state index in [0.717, 1.165) is 16.7 Å². The number of allylic oxidation sites excluding steroid dienone is 1. The second kappa shape index (κ2) is 11.1. The first kappa shape index (κ1) is 23.8. The number of hydrogen-bond acceptors (Lipinski definition) is 3. The highest BCUT2D eigenvalue weighted by Gasteiger charge is 2.45. The first-order valence-electron chi connectivity index (χ1n) is 11.2. The summed E-state index contributed by atoms with van der Waals surface area (Å²) in [6.45, 7) is 8.46. The predicted molar refractivity (Wildman–Crippen MR) is 128 cm³/mol. The largest absolute Gasteiger partial charge is 0.388 e. The molecule has 0 bridgehead atoms. The molecule has 1 aliphatic heterocycles. The Morgan fingerprint density at radius 1 is 0.844 bits per heavy atom. The van der Waals surface area contributed by atoms with E-state index in [1.54, 1.807) is 15.9 Å². The van der Waals surface area contributed by atoms with Crippen LogP contribution in [0.4, 0.5) is 4.79 Å². The van der Waals surface area contributed by atoms with E-state index in [0.29, 0.717) is 25.9 Å². The summed E-state index contributed by atoms with van der Waals surface area (Å²) in [5.74, 6) is 0. The summed E-state index contributed by atoms with van der Waals surface area (Å²) >= 11 is 0. The van der Waals surface area contributed by atoms with Gasteiger partial charge in [0.25, 0.3) is 0 Å². The van der Waals surface area contributed by atoms with E-state index >= 15 is 0 Å². The first-order valence-corrected chi connectivity index (χ1v) is 11.2. The highest BCUT2D eigenvalue weighted by Crippen LogP contribution is 2.27. The molecule has 32 heavy (non-hydrogen) atoms. The van der Waals surface area contributed by atoms with Crippen LogP contribution in [0.1, 0.15) is 25.0 Å². The number of nitrogens with zero attached hydrogens (tertiary/aromatic N) is 2. The maximum Gasteiger partial charge on any atom is 0.321 e. The molecule has 1 heterocycles. The second-order valence-corrected chi connectivity index (χ2v) is 8.65. The lowest BCUT2D eigenvalue weighted by atomic mass is 9.91. The molecule has 5 nitrogen and oxygen atoms in total. The molecule has 1 aliphatic rings. The van der Waals surface area contributed by atoms with Crippen molar-refractivity contribution in [3.63, 3.8) is 0 Å². The van der Waals surface area contributed by atoms with Gasteiger partial charge in [-0.3, -0.25) is 0 Å². The average molecular weight is 435 g/mol. The number of carbonyl (C=O) groups excluding carboxylic acids is 1. The van der Waals surface area contributed by atoms with Gasteiger partial charge in [-0.2, -0.15) is 0 Å². The minimum atomic E-state index is -1.09. The maximum absolute atomic E-state index is 13.8. The third kappa shape index (κ3) is 5.67. The Bertz CT molecular complexity index is 909. The molecule has 0 unspecified atom stereocenters. The van der Waals surface area contributed by atoms with Crippen LogP contribution in [0, 0.1) is 0 Å². The molecule has 0 aliphatic carbocycles. The Labute approximate surface area is 191 Å². The fourth-order valence-corrected chi connectivity index (χ4v) is 4.29. The van der Waals surface area contributed by atoms with Crippen molar-refractivity contribution in [1.82, 2.24) is 9.80 Å². The van der Waals surface area contributed by atoms with Crippen molar-refractivity contribution in [2.75, 3.05) is 13.1 Å². The normalized spacial score (nSPS) is 23.6. The summed E-state index contributed by atoms with van der Waals surface area (Å²) in [5.41, 5.74) is 3.10. The summed E-state index contributed by atoms with van der Waals surface area (Å²) < 4.78 is 0. The molecule has 170 valence electrons. The predicted octanol–water partition coefficient (Wildman–Crippen LogP) is 3.82. The zero-order valence-electron chi connectivity index (χ0n) is 19.0. The Kier molecular flexibility index (Phi) is 8.26. The van der Waals surface area contributed by atoms with Crippen molar-refractivity contribution in [1.29, 1.82) is 0 Å². The Balaban J connectivity index is 2.02. The van der Waals surface area contributed by atoms with Crippen LogP contribution in [0.25, 0.3) is 0 Å². The summed E-state index contributed by atoms with van der Waals surface area (Å²) in [4.78, 5) is 17.1. The van der Waals surface area contributed by atoms with Gasteiger partial charge >= 0.3 is 6.03 Å². The van der Waals surface area contributed by atoms with Gasteiger partial charge in [-0.1, -0.05) is 78.4 Å². The summed E-state index contributed by atoms with van der Waals surface area (Å²) in [7, 11) is 0. The molecule has 2 N–H and O–H groups in total. The Morgan fingerprint density at radius 2 is 1.28 bits per heavy atom. The number of aliphatic hydroxyl groups excluding tert-OH is 2. The van der Waals surface area contributed by atoms with Gasteiger partial charge in [0, 0.05) is 13.1 Å². The lowest BCUT2D eigenvalue weighted by molar-refractivity contribution is -0.0377. The van der Waals surface area contributed by atoms with Crippen LogP contribution >= 0.6 is 0 Å². The van der Waals surface area contributed by atoms with Gasteiger partial charge in [-0.05, 0) is 37.8 Å². The number of rotatable bonds is 8. The fourth-order valence-electron chi connectivity index (χ4n) is 4.29. The van der Waals surface area contributed by atoms with Crippen molar-refractivity contribution >= 4 is 6.03 Å². The number of carbonyl (C=O) groups is 1. The molecular formula is C27H34N2O3. The molecule has 0 spiro atoms. The van der Waals surface area contributed by atoms with E-state index < -0.39 is 24.3 Å². The fraction of sp³-hybridized carbons (Fsp3) is 0.370. The van der Waals surface area contributed by atoms with Gasteiger partial charge in [0.1, 0.15) is 12.2 Å².